The molecule has 0 spiro atoms. The van der Waals surface area contributed by atoms with Gasteiger partial charge in [-0.3, -0.25) is 0 Å². The highest BCUT2D eigenvalue weighted by Crippen LogP contribution is 2.30. The molecule has 5 heteroatoms. The lowest BCUT2D eigenvalue weighted by Gasteiger charge is -2.06. The number of benzene rings is 1. The van der Waals surface area contributed by atoms with E-state index in [-0.39, 0.29) is 11.1 Å². The Morgan fingerprint density at radius 3 is 2.81 bits per heavy atom. The van der Waals surface area contributed by atoms with Crippen LogP contribution in [0.1, 0.15) is 26.3 Å². The maximum atomic E-state index is 11.5. The number of carboxylic acid groups (broad SMARTS) is 1. The first-order chi connectivity index (χ1) is 7.63. The molecule has 0 saturated carbocycles. The van der Waals surface area contributed by atoms with Crippen LogP contribution in [-0.4, -0.2) is 30.8 Å². The van der Waals surface area contributed by atoms with E-state index in [0.717, 1.165) is 5.56 Å². The van der Waals surface area contributed by atoms with E-state index in [4.69, 9.17) is 9.84 Å². The lowest BCUT2D eigenvalue weighted by molar-refractivity contribution is 0.0599. The van der Waals surface area contributed by atoms with E-state index >= 15 is 0 Å². The molecule has 0 saturated heterocycles. The molecule has 1 N–H and O–H groups in total. The van der Waals surface area contributed by atoms with Crippen molar-refractivity contribution in [3.05, 3.63) is 28.8 Å². The molecular formula is C11H10O5. The molecule has 5 nitrogen and oxygen atoms in total. The molecule has 0 atom stereocenters. The molecule has 1 aliphatic heterocycles. The summed E-state index contributed by atoms with van der Waals surface area (Å²) in [4.78, 5) is 22.3. The number of ether oxygens (including phenoxy) is 2. The number of aromatic carboxylic acids is 1. The van der Waals surface area contributed by atoms with Gasteiger partial charge < -0.3 is 14.6 Å². The van der Waals surface area contributed by atoms with Crippen LogP contribution in [0.15, 0.2) is 12.1 Å². The van der Waals surface area contributed by atoms with Crippen LogP contribution in [-0.2, 0) is 11.2 Å². The van der Waals surface area contributed by atoms with Gasteiger partial charge in [-0.25, -0.2) is 9.59 Å². The fraction of sp³-hybridized carbons (Fsp3) is 0.273. The summed E-state index contributed by atoms with van der Waals surface area (Å²) in [6.07, 6.45) is 0.597. The zero-order valence-corrected chi connectivity index (χ0v) is 8.65. The predicted octanol–water partition coefficient (Wildman–Crippen LogP) is 1.11. The second-order valence-electron chi connectivity index (χ2n) is 3.40. The molecule has 84 valence electrons. The Morgan fingerprint density at radius 1 is 1.44 bits per heavy atom. The van der Waals surface area contributed by atoms with E-state index in [9.17, 15) is 9.59 Å². The van der Waals surface area contributed by atoms with Crippen molar-refractivity contribution in [2.75, 3.05) is 13.7 Å². The predicted molar refractivity (Wildman–Crippen MR) is 53.9 cm³/mol. The lowest BCUT2D eigenvalue weighted by atomic mass is 10.0. The zero-order valence-electron chi connectivity index (χ0n) is 8.65. The van der Waals surface area contributed by atoms with Gasteiger partial charge in [-0.05, 0) is 12.1 Å². The van der Waals surface area contributed by atoms with Crippen LogP contribution in [0.5, 0.6) is 5.75 Å². The Bertz CT molecular complexity index is 464. The smallest absolute Gasteiger partial charge is 0.338 e. The Kier molecular flexibility index (Phi) is 2.52. The van der Waals surface area contributed by atoms with Crippen LogP contribution in [0, 0.1) is 0 Å². The van der Waals surface area contributed by atoms with Crippen molar-refractivity contribution in [2.45, 2.75) is 6.42 Å². The van der Waals surface area contributed by atoms with Gasteiger partial charge >= 0.3 is 11.9 Å². The lowest BCUT2D eigenvalue weighted by Crippen LogP contribution is -2.07. The highest BCUT2D eigenvalue weighted by Gasteiger charge is 2.23. The van der Waals surface area contributed by atoms with Crippen molar-refractivity contribution in [3.63, 3.8) is 0 Å². The summed E-state index contributed by atoms with van der Waals surface area (Å²) in [5.74, 6) is -1.17. The number of methoxy groups -OCH3 is 1. The van der Waals surface area contributed by atoms with Gasteiger partial charge in [0, 0.05) is 12.0 Å². The van der Waals surface area contributed by atoms with Gasteiger partial charge in [0.2, 0.25) is 0 Å². The van der Waals surface area contributed by atoms with Gasteiger partial charge in [0.25, 0.3) is 0 Å². The van der Waals surface area contributed by atoms with Crippen LogP contribution >= 0.6 is 0 Å². The van der Waals surface area contributed by atoms with E-state index < -0.39 is 11.9 Å². The standard InChI is InChI=1S/C11H10O5/c1-15-11(14)8-4-6(10(12)13)5-9-7(8)2-3-16-9/h4-5H,2-3H2,1H3,(H,12,13). The Balaban J connectivity index is 2.58. The minimum atomic E-state index is -1.09. The second-order valence-corrected chi connectivity index (χ2v) is 3.40. The van der Waals surface area contributed by atoms with E-state index in [2.05, 4.69) is 4.74 Å². The summed E-state index contributed by atoms with van der Waals surface area (Å²) < 4.78 is 9.86. The molecule has 0 aliphatic carbocycles. The van der Waals surface area contributed by atoms with Gasteiger partial charge in [-0.1, -0.05) is 0 Å². The van der Waals surface area contributed by atoms with E-state index in [0.29, 0.717) is 18.8 Å². The molecule has 0 aromatic heterocycles. The first kappa shape index (κ1) is 10.5. The molecule has 0 fully saturated rings. The van der Waals surface area contributed by atoms with E-state index in [1.54, 1.807) is 0 Å². The molecule has 1 aliphatic rings. The van der Waals surface area contributed by atoms with Crippen LogP contribution in [0.3, 0.4) is 0 Å². The summed E-state index contributed by atoms with van der Waals surface area (Å²) in [6.45, 7) is 0.461. The summed E-state index contributed by atoms with van der Waals surface area (Å²) in [6, 6.07) is 2.75. The number of hydrogen-bond donors (Lipinski definition) is 1. The third-order valence-corrected chi connectivity index (χ3v) is 2.47. The van der Waals surface area contributed by atoms with Gasteiger partial charge in [0.15, 0.2) is 0 Å². The first-order valence-corrected chi connectivity index (χ1v) is 4.75. The topological polar surface area (TPSA) is 72.8 Å². The SMILES string of the molecule is COC(=O)c1cc(C(=O)O)cc2c1CCO2. The van der Waals surface area contributed by atoms with Crippen LogP contribution < -0.4 is 4.74 Å². The Morgan fingerprint density at radius 2 is 2.19 bits per heavy atom. The molecule has 0 radical (unpaired) electrons. The van der Waals surface area contributed by atoms with E-state index in [1.807, 2.05) is 0 Å². The largest absolute Gasteiger partial charge is 0.493 e. The van der Waals surface area contributed by atoms with Crippen LogP contribution in [0.4, 0.5) is 0 Å². The minimum Gasteiger partial charge on any atom is -0.493 e. The average Bonchev–Trinajstić information content (AvgIpc) is 2.74. The van der Waals surface area contributed by atoms with Crippen molar-refractivity contribution in [3.8, 4) is 5.75 Å². The molecule has 1 aromatic carbocycles. The average molecular weight is 222 g/mol. The van der Waals surface area contributed by atoms with Gasteiger partial charge in [-0.15, -0.1) is 0 Å². The van der Waals surface area contributed by atoms with Crippen molar-refractivity contribution in [2.24, 2.45) is 0 Å². The van der Waals surface area contributed by atoms with Crippen molar-refractivity contribution < 1.29 is 24.2 Å². The van der Waals surface area contributed by atoms with Crippen molar-refractivity contribution in [1.82, 2.24) is 0 Å². The van der Waals surface area contributed by atoms with Crippen LogP contribution in [0.2, 0.25) is 0 Å². The number of carbonyl (C=O) groups excluding carboxylic acids is 1. The molecule has 1 heterocycles. The van der Waals surface area contributed by atoms with Crippen LogP contribution in [0.25, 0.3) is 0 Å². The third-order valence-electron chi connectivity index (χ3n) is 2.47. The summed E-state index contributed by atoms with van der Waals surface area (Å²) >= 11 is 0. The number of esters is 1. The fourth-order valence-corrected chi connectivity index (χ4v) is 1.71. The van der Waals surface area contributed by atoms with Crippen molar-refractivity contribution >= 4 is 11.9 Å². The fourth-order valence-electron chi connectivity index (χ4n) is 1.71. The van der Waals surface area contributed by atoms with Gasteiger partial charge in [-0.2, -0.15) is 0 Å². The zero-order chi connectivity index (χ0) is 11.7. The Labute approximate surface area is 91.6 Å². The summed E-state index contributed by atoms with van der Waals surface area (Å²) in [7, 11) is 1.26. The summed E-state index contributed by atoms with van der Waals surface area (Å²) in [5, 5.41) is 8.89. The monoisotopic (exact) mass is 222 g/mol. The number of hydrogen-bond acceptors (Lipinski definition) is 4. The highest BCUT2D eigenvalue weighted by molar-refractivity contribution is 5.97. The molecule has 1 aromatic rings. The first-order valence-electron chi connectivity index (χ1n) is 4.75. The van der Waals surface area contributed by atoms with Crippen molar-refractivity contribution in [1.29, 1.82) is 0 Å². The molecule has 0 unspecified atom stereocenters. The minimum absolute atomic E-state index is 0.0288. The molecule has 16 heavy (non-hydrogen) atoms. The number of fused-ring (bicyclic) bond motifs is 1. The maximum absolute atomic E-state index is 11.5. The third kappa shape index (κ3) is 1.60. The number of carbonyl (C=O) groups is 2. The molecule has 2 rings (SSSR count). The van der Waals surface area contributed by atoms with Gasteiger partial charge in [0.05, 0.1) is 24.8 Å². The number of carboxylic acids is 1. The highest BCUT2D eigenvalue weighted by atomic mass is 16.5. The quantitative estimate of drug-likeness (QED) is 0.758. The summed E-state index contributed by atoms with van der Waals surface area (Å²) in [5.41, 5.74) is 1.02. The van der Waals surface area contributed by atoms with E-state index in [1.165, 1.54) is 19.2 Å². The normalized spacial score (nSPS) is 12.8. The molecular weight excluding hydrogens is 212 g/mol. The number of rotatable bonds is 2. The second kappa shape index (κ2) is 3.84. The molecule has 0 bridgehead atoms. The van der Waals surface area contributed by atoms with Gasteiger partial charge in [0.1, 0.15) is 5.75 Å². The Hall–Kier alpha value is -2.04. The maximum Gasteiger partial charge on any atom is 0.338 e. The molecule has 0 amide bonds.